The van der Waals surface area contributed by atoms with Gasteiger partial charge in [-0.25, -0.2) is 0 Å². The molecule has 0 amide bonds. The van der Waals surface area contributed by atoms with E-state index in [-0.39, 0.29) is 0 Å². The summed E-state index contributed by atoms with van der Waals surface area (Å²) in [5, 5.41) is 0. The minimum Gasteiger partial charge on any atom is -0.363 e. The fourth-order valence-electron chi connectivity index (χ4n) is 2.76. The maximum atomic E-state index is 5.76. The van der Waals surface area contributed by atoms with Crippen LogP contribution in [-0.4, -0.2) is 11.2 Å². The van der Waals surface area contributed by atoms with Crippen LogP contribution in [0.4, 0.5) is 0 Å². The highest BCUT2D eigenvalue weighted by molar-refractivity contribution is 5.25. The lowest BCUT2D eigenvalue weighted by Gasteiger charge is -2.32. The van der Waals surface area contributed by atoms with Crippen LogP contribution in [0.15, 0.2) is 0 Å². The Morgan fingerprint density at radius 1 is 0.778 bits per heavy atom. The summed E-state index contributed by atoms with van der Waals surface area (Å²) < 4.78 is 5.76. The van der Waals surface area contributed by atoms with Crippen molar-refractivity contribution in [2.24, 2.45) is 0 Å². The molecule has 0 aromatic carbocycles. The molecule has 9 heavy (non-hydrogen) atoms. The molecule has 1 nitrogen and oxygen atoms in total. The Balaban J connectivity index is 1.95. The van der Waals surface area contributed by atoms with Crippen LogP contribution in [0.25, 0.3) is 0 Å². The molecule has 0 spiro atoms. The number of hydrogen-bond acceptors (Lipinski definition) is 1. The minimum atomic E-state index is 0.464. The maximum absolute atomic E-state index is 5.76. The van der Waals surface area contributed by atoms with Gasteiger partial charge in [-0.1, -0.05) is 12.8 Å². The van der Waals surface area contributed by atoms with Gasteiger partial charge in [0.05, 0.1) is 11.2 Å². The summed E-state index contributed by atoms with van der Waals surface area (Å²) in [5.41, 5.74) is 0.927. The summed E-state index contributed by atoms with van der Waals surface area (Å²) in [6.07, 6.45) is 8.31. The molecule has 0 N–H and O–H groups in total. The molecule has 2 saturated carbocycles. The first-order valence-electron chi connectivity index (χ1n) is 4.07. The van der Waals surface area contributed by atoms with Gasteiger partial charge in [0.2, 0.25) is 0 Å². The van der Waals surface area contributed by atoms with Crippen molar-refractivity contribution in [3.63, 3.8) is 0 Å². The fraction of sp³-hybridized carbons (Fsp3) is 1.00. The van der Waals surface area contributed by atoms with Crippen molar-refractivity contribution in [1.82, 2.24) is 0 Å². The van der Waals surface area contributed by atoms with Crippen molar-refractivity contribution in [1.29, 1.82) is 0 Å². The number of hydrogen-bond donors (Lipinski definition) is 0. The Kier molecular flexibility index (Phi) is 0.563. The van der Waals surface area contributed by atoms with Crippen LogP contribution in [0.3, 0.4) is 0 Å². The number of epoxide rings is 1. The van der Waals surface area contributed by atoms with E-state index in [0.717, 1.165) is 0 Å². The molecular formula is C8H12O. The van der Waals surface area contributed by atoms with Gasteiger partial charge >= 0.3 is 0 Å². The van der Waals surface area contributed by atoms with Crippen LogP contribution in [0.1, 0.15) is 38.5 Å². The van der Waals surface area contributed by atoms with E-state index in [0.29, 0.717) is 11.2 Å². The third-order valence-electron chi connectivity index (χ3n) is 3.52. The summed E-state index contributed by atoms with van der Waals surface area (Å²) in [6.45, 7) is 0. The summed E-state index contributed by atoms with van der Waals surface area (Å²) >= 11 is 0. The average Bonchev–Trinajstić information content (AvgIpc) is 2.40. The second-order valence-corrected chi connectivity index (χ2v) is 3.80. The predicted molar refractivity (Wildman–Crippen MR) is 34.2 cm³/mol. The van der Waals surface area contributed by atoms with Gasteiger partial charge < -0.3 is 4.74 Å². The Morgan fingerprint density at radius 3 is 1.67 bits per heavy atom. The second kappa shape index (κ2) is 1.07. The Bertz CT molecular complexity index is 140. The zero-order valence-electron chi connectivity index (χ0n) is 5.65. The Hall–Kier alpha value is -0.0400. The SMILES string of the molecule is C1CCC23CCC2(C1)O3. The molecule has 3 fully saturated rings. The highest BCUT2D eigenvalue weighted by atomic mass is 16.6. The molecule has 2 unspecified atom stereocenters. The highest BCUT2D eigenvalue weighted by Crippen LogP contribution is 2.70. The van der Waals surface area contributed by atoms with E-state index in [9.17, 15) is 0 Å². The van der Waals surface area contributed by atoms with Crippen molar-refractivity contribution in [3.05, 3.63) is 0 Å². The summed E-state index contributed by atoms with van der Waals surface area (Å²) in [6, 6.07) is 0. The molecule has 1 aliphatic heterocycles. The Labute approximate surface area is 55.4 Å². The van der Waals surface area contributed by atoms with Crippen molar-refractivity contribution in [2.45, 2.75) is 49.7 Å². The second-order valence-electron chi connectivity index (χ2n) is 3.80. The van der Waals surface area contributed by atoms with Gasteiger partial charge in [-0.2, -0.15) is 0 Å². The monoisotopic (exact) mass is 124 g/mol. The molecule has 1 heterocycles. The zero-order valence-corrected chi connectivity index (χ0v) is 5.65. The summed E-state index contributed by atoms with van der Waals surface area (Å²) in [4.78, 5) is 0. The lowest BCUT2D eigenvalue weighted by molar-refractivity contribution is 0.250. The Morgan fingerprint density at radius 2 is 1.33 bits per heavy atom. The van der Waals surface area contributed by atoms with Crippen molar-refractivity contribution >= 4 is 0 Å². The molecular weight excluding hydrogens is 112 g/mol. The van der Waals surface area contributed by atoms with Gasteiger partial charge in [-0.15, -0.1) is 0 Å². The topological polar surface area (TPSA) is 12.5 Å². The molecule has 2 atom stereocenters. The molecule has 1 saturated heterocycles. The van der Waals surface area contributed by atoms with Crippen LogP contribution in [-0.2, 0) is 4.74 Å². The maximum Gasteiger partial charge on any atom is 0.0981 e. The van der Waals surface area contributed by atoms with E-state index < -0.39 is 0 Å². The third-order valence-corrected chi connectivity index (χ3v) is 3.52. The third kappa shape index (κ3) is 0.337. The quantitative estimate of drug-likeness (QED) is 0.449. The van der Waals surface area contributed by atoms with Crippen LogP contribution >= 0.6 is 0 Å². The normalized spacial score (nSPS) is 61.3. The van der Waals surface area contributed by atoms with Crippen molar-refractivity contribution in [2.75, 3.05) is 0 Å². The fourth-order valence-corrected chi connectivity index (χ4v) is 2.76. The van der Waals surface area contributed by atoms with E-state index in [2.05, 4.69) is 0 Å². The average molecular weight is 124 g/mol. The van der Waals surface area contributed by atoms with Gasteiger partial charge in [-0.3, -0.25) is 0 Å². The van der Waals surface area contributed by atoms with E-state index in [4.69, 9.17) is 4.74 Å². The van der Waals surface area contributed by atoms with Crippen LogP contribution in [0.5, 0.6) is 0 Å². The first-order chi connectivity index (χ1) is 4.37. The molecule has 0 aromatic rings. The number of ether oxygens (including phenoxy) is 1. The first-order valence-corrected chi connectivity index (χ1v) is 4.07. The van der Waals surface area contributed by atoms with Crippen molar-refractivity contribution in [3.8, 4) is 0 Å². The molecule has 1 heteroatoms. The predicted octanol–water partition coefficient (Wildman–Crippen LogP) is 1.86. The molecule has 0 radical (unpaired) electrons. The lowest BCUT2D eigenvalue weighted by atomic mass is 9.66. The van der Waals surface area contributed by atoms with Gasteiger partial charge in [0.1, 0.15) is 0 Å². The van der Waals surface area contributed by atoms with Crippen molar-refractivity contribution < 1.29 is 4.74 Å². The van der Waals surface area contributed by atoms with E-state index in [1.165, 1.54) is 38.5 Å². The lowest BCUT2D eigenvalue weighted by Crippen LogP contribution is -2.39. The van der Waals surface area contributed by atoms with Gasteiger partial charge in [0.15, 0.2) is 0 Å². The summed E-state index contributed by atoms with van der Waals surface area (Å²) in [7, 11) is 0. The van der Waals surface area contributed by atoms with Crippen LogP contribution in [0, 0.1) is 0 Å². The standard InChI is InChI=1S/C8H12O/c1-2-4-8-6-5-7(8,3-1)9-8/h1-6H2. The molecule has 0 aromatic heterocycles. The minimum absolute atomic E-state index is 0.464. The first kappa shape index (κ1) is 4.73. The van der Waals surface area contributed by atoms with Crippen LogP contribution in [0.2, 0.25) is 0 Å². The largest absolute Gasteiger partial charge is 0.363 e. The molecule has 3 rings (SSSR count). The molecule has 3 aliphatic rings. The zero-order chi connectivity index (χ0) is 5.95. The molecule has 50 valence electrons. The van der Waals surface area contributed by atoms with Gasteiger partial charge in [0.25, 0.3) is 0 Å². The van der Waals surface area contributed by atoms with Gasteiger partial charge in [-0.05, 0) is 25.7 Å². The number of rotatable bonds is 0. The van der Waals surface area contributed by atoms with E-state index in [1.807, 2.05) is 0 Å². The van der Waals surface area contributed by atoms with E-state index >= 15 is 0 Å². The molecule has 0 bridgehead atoms. The smallest absolute Gasteiger partial charge is 0.0981 e. The highest BCUT2D eigenvalue weighted by Gasteiger charge is 2.76. The van der Waals surface area contributed by atoms with Crippen LogP contribution < -0.4 is 0 Å². The molecule has 2 aliphatic carbocycles. The van der Waals surface area contributed by atoms with Gasteiger partial charge in [0, 0.05) is 0 Å². The van der Waals surface area contributed by atoms with E-state index in [1.54, 1.807) is 0 Å². The summed E-state index contributed by atoms with van der Waals surface area (Å²) in [5.74, 6) is 0.